The number of carbonyl (C=O) groups excluding carboxylic acids is 1. The summed E-state index contributed by atoms with van der Waals surface area (Å²) in [6.45, 7) is 1.04. The summed E-state index contributed by atoms with van der Waals surface area (Å²) in [5.41, 5.74) is 4.84. The zero-order valence-corrected chi connectivity index (χ0v) is 21.5. The number of aliphatic hydroxyl groups excluding tert-OH is 2. The summed E-state index contributed by atoms with van der Waals surface area (Å²) in [5.74, 6) is 1.44. The van der Waals surface area contributed by atoms with Gasteiger partial charge < -0.3 is 30.3 Å². The van der Waals surface area contributed by atoms with Gasteiger partial charge in [0.2, 0.25) is 0 Å². The van der Waals surface area contributed by atoms with E-state index in [4.69, 9.17) is 14.6 Å². The van der Waals surface area contributed by atoms with Gasteiger partial charge in [0.25, 0.3) is 0 Å². The van der Waals surface area contributed by atoms with Crippen molar-refractivity contribution < 1.29 is 24.5 Å². The highest BCUT2D eigenvalue weighted by molar-refractivity contribution is 7.99. The highest BCUT2D eigenvalue weighted by Gasteiger charge is 2.32. The Morgan fingerprint density at radius 1 is 0.811 bits per heavy atom. The average molecular weight is 523 g/mol. The predicted octanol–water partition coefficient (Wildman–Crippen LogP) is 4.45. The zero-order chi connectivity index (χ0) is 25.9. The molecule has 3 atom stereocenters. The molecule has 1 heterocycles. The summed E-state index contributed by atoms with van der Waals surface area (Å²) in [4.78, 5) is 12.2. The summed E-state index contributed by atoms with van der Waals surface area (Å²) < 4.78 is 12.6. The lowest BCUT2D eigenvalue weighted by Gasteiger charge is -2.36. The van der Waals surface area contributed by atoms with Crippen LogP contribution in [0, 0.1) is 0 Å². The fourth-order valence-corrected chi connectivity index (χ4v) is 4.89. The van der Waals surface area contributed by atoms with Crippen molar-refractivity contribution in [1.29, 1.82) is 0 Å². The van der Waals surface area contributed by atoms with E-state index in [1.807, 2.05) is 78.9 Å². The Balaban J connectivity index is 1.35. The Hall–Kier alpha value is -2.88. The number of ether oxygens (including phenoxy) is 2. The number of urea groups is 1. The van der Waals surface area contributed by atoms with E-state index >= 15 is 0 Å². The molecule has 3 aromatic carbocycles. The van der Waals surface area contributed by atoms with E-state index in [1.54, 1.807) is 11.8 Å². The monoisotopic (exact) mass is 522 g/mol. The van der Waals surface area contributed by atoms with Crippen molar-refractivity contribution >= 4 is 17.8 Å². The van der Waals surface area contributed by atoms with E-state index in [0.29, 0.717) is 25.3 Å². The van der Waals surface area contributed by atoms with Gasteiger partial charge in [-0.1, -0.05) is 78.9 Å². The minimum atomic E-state index is -0.521. The van der Waals surface area contributed by atoms with Crippen LogP contribution in [0.25, 0.3) is 0 Å². The minimum Gasteiger partial charge on any atom is -0.396 e. The van der Waals surface area contributed by atoms with Gasteiger partial charge in [-0.3, -0.25) is 0 Å². The smallest absolute Gasteiger partial charge is 0.315 e. The summed E-state index contributed by atoms with van der Waals surface area (Å²) in [6.07, 6.45) is 0.0357. The number of rotatable bonds is 11. The minimum absolute atomic E-state index is 0.00779. The lowest BCUT2D eigenvalue weighted by molar-refractivity contribution is -0.245. The summed E-state index contributed by atoms with van der Waals surface area (Å²) in [7, 11) is 0. The quantitative estimate of drug-likeness (QED) is 0.278. The van der Waals surface area contributed by atoms with Gasteiger partial charge in [-0.05, 0) is 22.3 Å². The standard InChI is InChI=1S/C29H34N2O5S/c32-14-15-37-20-26-16-27(24-10-8-23(19-33)9-11-24)36-28(35-26)25-12-6-22(7-13-25)18-31-29(34)30-17-21-4-2-1-3-5-21/h1-13,26-28,32-33H,14-20H2,(H2,30,31,34)/t26-,27+,28+/m1/s1. The molecule has 37 heavy (non-hydrogen) atoms. The largest absolute Gasteiger partial charge is 0.396 e. The van der Waals surface area contributed by atoms with Crippen LogP contribution in [0.5, 0.6) is 0 Å². The Labute approximate surface area is 222 Å². The molecule has 0 spiro atoms. The first-order valence-electron chi connectivity index (χ1n) is 12.5. The van der Waals surface area contributed by atoms with E-state index in [9.17, 15) is 9.90 Å². The second-order valence-corrected chi connectivity index (χ2v) is 10.1. The molecule has 196 valence electrons. The number of benzene rings is 3. The molecule has 0 aromatic heterocycles. The van der Waals surface area contributed by atoms with Crippen molar-refractivity contribution in [3.8, 4) is 0 Å². The molecule has 1 saturated heterocycles. The van der Waals surface area contributed by atoms with Crippen LogP contribution in [0.4, 0.5) is 4.79 Å². The number of thioether (sulfide) groups is 1. The lowest BCUT2D eigenvalue weighted by atomic mass is 10.0. The van der Waals surface area contributed by atoms with Crippen LogP contribution >= 0.6 is 11.8 Å². The summed E-state index contributed by atoms with van der Waals surface area (Å²) >= 11 is 1.66. The molecule has 1 fully saturated rings. The number of hydrogen-bond donors (Lipinski definition) is 4. The van der Waals surface area contributed by atoms with Gasteiger partial charge in [-0.25, -0.2) is 4.79 Å². The van der Waals surface area contributed by atoms with Crippen LogP contribution < -0.4 is 10.6 Å². The Morgan fingerprint density at radius 2 is 1.43 bits per heavy atom. The molecule has 4 rings (SSSR count). The van der Waals surface area contributed by atoms with Gasteiger partial charge in [0.05, 0.1) is 25.4 Å². The van der Waals surface area contributed by atoms with Gasteiger partial charge in [0.1, 0.15) is 0 Å². The Bertz CT molecular complexity index is 1100. The maximum atomic E-state index is 12.2. The third kappa shape index (κ3) is 8.31. The van der Waals surface area contributed by atoms with E-state index in [0.717, 1.165) is 33.6 Å². The topological polar surface area (TPSA) is 100 Å². The van der Waals surface area contributed by atoms with Gasteiger partial charge >= 0.3 is 6.03 Å². The van der Waals surface area contributed by atoms with Crippen molar-refractivity contribution in [2.24, 2.45) is 0 Å². The van der Waals surface area contributed by atoms with Crippen molar-refractivity contribution in [3.63, 3.8) is 0 Å². The van der Waals surface area contributed by atoms with Crippen molar-refractivity contribution in [3.05, 3.63) is 107 Å². The molecule has 0 bridgehead atoms. The molecule has 7 nitrogen and oxygen atoms in total. The van der Waals surface area contributed by atoms with Gasteiger partial charge in [-0.2, -0.15) is 11.8 Å². The van der Waals surface area contributed by atoms with E-state index < -0.39 is 6.29 Å². The summed E-state index contributed by atoms with van der Waals surface area (Å²) in [5, 5.41) is 24.3. The summed E-state index contributed by atoms with van der Waals surface area (Å²) in [6, 6.07) is 25.3. The van der Waals surface area contributed by atoms with Crippen molar-refractivity contribution in [2.75, 3.05) is 18.1 Å². The number of hydrogen-bond acceptors (Lipinski definition) is 6. The van der Waals surface area contributed by atoms with E-state index in [-0.39, 0.29) is 31.5 Å². The first-order chi connectivity index (χ1) is 18.1. The maximum Gasteiger partial charge on any atom is 0.315 e. The van der Waals surface area contributed by atoms with Crippen LogP contribution in [0.3, 0.4) is 0 Å². The predicted molar refractivity (Wildman–Crippen MR) is 145 cm³/mol. The van der Waals surface area contributed by atoms with Crippen molar-refractivity contribution in [1.82, 2.24) is 10.6 Å². The lowest BCUT2D eigenvalue weighted by Crippen LogP contribution is -2.34. The average Bonchev–Trinajstić information content (AvgIpc) is 2.96. The SMILES string of the molecule is O=C(NCc1ccccc1)NCc1ccc([C@H]2O[C@@H](CSCCO)C[C@@H](c3ccc(CO)cc3)O2)cc1. The van der Waals surface area contributed by atoms with Gasteiger partial charge in [0.15, 0.2) is 6.29 Å². The van der Waals surface area contributed by atoms with Crippen LogP contribution in [0.1, 0.15) is 46.6 Å². The Morgan fingerprint density at radius 3 is 2.08 bits per heavy atom. The molecule has 1 aliphatic heterocycles. The van der Waals surface area contributed by atoms with E-state index in [2.05, 4.69) is 10.6 Å². The molecule has 3 aromatic rings. The first kappa shape index (κ1) is 27.2. The van der Waals surface area contributed by atoms with Crippen LogP contribution in [0.2, 0.25) is 0 Å². The van der Waals surface area contributed by atoms with E-state index in [1.165, 1.54) is 0 Å². The molecule has 1 aliphatic rings. The zero-order valence-electron chi connectivity index (χ0n) is 20.7. The van der Waals surface area contributed by atoms with Crippen LogP contribution in [0.15, 0.2) is 78.9 Å². The third-order valence-corrected chi connectivity index (χ3v) is 7.23. The molecular weight excluding hydrogens is 488 g/mol. The number of amides is 2. The molecule has 4 N–H and O–H groups in total. The fourth-order valence-electron chi connectivity index (χ4n) is 4.12. The second kappa shape index (κ2) is 14.2. The normalized spacial score (nSPS) is 19.4. The highest BCUT2D eigenvalue weighted by atomic mass is 32.2. The van der Waals surface area contributed by atoms with Crippen LogP contribution in [-0.4, -0.2) is 40.5 Å². The van der Waals surface area contributed by atoms with Crippen LogP contribution in [-0.2, 0) is 29.2 Å². The Kier molecular flexibility index (Phi) is 10.4. The molecular formula is C29H34N2O5S. The van der Waals surface area contributed by atoms with Gasteiger partial charge in [-0.15, -0.1) is 0 Å². The molecule has 8 heteroatoms. The first-order valence-corrected chi connectivity index (χ1v) is 13.6. The second-order valence-electron chi connectivity index (χ2n) is 8.91. The molecule has 0 saturated carbocycles. The number of carbonyl (C=O) groups is 1. The molecule has 0 radical (unpaired) electrons. The highest BCUT2D eigenvalue weighted by Crippen LogP contribution is 2.38. The maximum absolute atomic E-state index is 12.2. The molecule has 2 amide bonds. The number of nitrogens with one attached hydrogen (secondary N) is 2. The third-order valence-electron chi connectivity index (χ3n) is 6.16. The van der Waals surface area contributed by atoms with Crippen molar-refractivity contribution in [2.45, 2.75) is 44.6 Å². The number of aliphatic hydroxyl groups is 2. The molecule has 0 unspecified atom stereocenters. The fraction of sp³-hybridized carbons (Fsp3) is 0.345. The molecule has 0 aliphatic carbocycles. The van der Waals surface area contributed by atoms with Gasteiger partial charge in [0, 0.05) is 36.6 Å².